The van der Waals surface area contributed by atoms with Crippen LogP contribution in [0.25, 0.3) is 0 Å². The molecule has 0 fully saturated rings. The van der Waals surface area contributed by atoms with Gasteiger partial charge in [-0.1, -0.05) is 46.4 Å². The van der Waals surface area contributed by atoms with Crippen molar-refractivity contribution in [3.8, 4) is 0 Å². The highest BCUT2D eigenvalue weighted by atomic mass is 35.6. The van der Waals surface area contributed by atoms with Crippen molar-refractivity contribution in [2.24, 2.45) is 0 Å². The highest BCUT2D eigenvalue weighted by molar-refractivity contribution is 6.67. The van der Waals surface area contributed by atoms with Gasteiger partial charge in [-0.25, -0.2) is 0 Å². The average molecular weight is 225 g/mol. The van der Waals surface area contributed by atoms with Crippen molar-refractivity contribution in [1.82, 2.24) is 0 Å². The first-order valence-corrected chi connectivity index (χ1v) is 4.48. The first kappa shape index (κ1) is 9.97. The molecular weight excluding hydrogens is 216 g/mol. The molecule has 12 heavy (non-hydrogen) atoms. The normalized spacial score (nSPS) is 11.7. The molecule has 0 aliphatic rings. The Morgan fingerprint density at radius 2 is 1.83 bits per heavy atom. The van der Waals surface area contributed by atoms with Gasteiger partial charge in [0, 0.05) is 11.3 Å². The molecule has 1 aromatic rings. The van der Waals surface area contributed by atoms with Gasteiger partial charge in [0.15, 0.2) is 0 Å². The van der Waals surface area contributed by atoms with Crippen molar-refractivity contribution in [2.75, 3.05) is 5.73 Å². The molecule has 0 saturated heterocycles. The maximum Gasteiger partial charge on any atom is 0.218 e. The van der Waals surface area contributed by atoms with E-state index in [1.807, 2.05) is 13.0 Å². The molecule has 66 valence electrons. The number of nitrogens with two attached hydrogens (primary N) is 1. The van der Waals surface area contributed by atoms with Crippen LogP contribution in [-0.4, -0.2) is 0 Å². The van der Waals surface area contributed by atoms with Crippen LogP contribution in [0.3, 0.4) is 0 Å². The van der Waals surface area contributed by atoms with Gasteiger partial charge < -0.3 is 5.73 Å². The van der Waals surface area contributed by atoms with Crippen LogP contribution in [0.15, 0.2) is 18.2 Å². The van der Waals surface area contributed by atoms with Crippen LogP contribution in [0.5, 0.6) is 0 Å². The lowest BCUT2D eigenvalue weighted by molar-refractivity contribution is 1.23. The summed E-state index contributed by atoms with van der Waals surface area (Å²) in [7, 11) is 0. The van der Waals surface area contributed by atoms with E-state index in [1.54, 1.807) is 12.1 Å². The van der Waals surface area contributed by atoms with E-state index >= 15 is 0 Å². The smallest absolute Gasteiger partial charge is 0.218 e. The van der Waals surface area contributed by atoms with Crippen molar-refractivity contribution in [3.05, 3.63) is 29.3 Å². The Balaban J connectivity index is 3.23. The molecule has 0 radical (unpaired) electrons. The van der Waals surface area contributed by atoms with Crippen molar-refractivity contribution in [1.29, 1.82) is 0 Å². The molecule has 0 aliphatic heterocycles. The second kappa shape index (κ2) is 3.33. The van der Waals surface area contributed by atoms with Crippen LogP contribution >= 0.6 is 34.8 Å². The molecule has 1 aromatic carbocycles. The molecule has 0 bridgehead atoms. The summed E-state index contributed by atoms with van der Waals surface area (Å²) in [5.74, 6) is 0. The predicted octanol–water partition coefficient (Wildman–Crippen LogP) is 3.40. The van der Waals surface area contributed by atoms with Crippen molar-refractivity contribution in [3.63, 3.8) is 0 Å². The third-order valence-electron chi connectivity index (χ3n) is 1.51. The van der Waals surface area contributed by atoms with Gasteiger partial charge >= 0.3 is 0 Å². The van der Waals surface area contributed by atoms with E-state index in [2.05, 4.69) is 0 Å². The maximum absolute atomic E-state index is 5.69. The summed E-state index contributed by atoms with van der Waals surface area (Å²) in [6, 6.07) is 5.37. The van der Waals surface area contributed by atoms with Crippen LogP contribution in [0.2, 0.25) is 0 Å². The molecule has 0 unspecified atom stereocenters. The zero-order valence-corrected chi connectivity index (χ0v) is 8.71. The predicted molar refractivity (Wildman–Crippen MR) is 54.8 cm³/mol. The fourth-order valence-electron chi connectivity index (χ4n) is 0.916. The van der Waals surface area contributed by atoms with Crippen molar-refractivity contribution >= 4 is 40.5 Å². The number of anilines is 1. The van der Waals surface area contributed by atoms with Crippen LogP contribution in [-0.2, 0) is 3.79 Å². The number of halogens is 3. The summed E-state index contributed by atoms with van der Waals surface area (Å²) >= 11 is 17.1. The quantitative estimate of drug-likeness (QED) is 0.530. The third-order valence-corrected chi connectivity index (χ3v) is 2.12. The molecule has 0 saturated carbocycles. The Hall–Kier alpha value is -0.110. The van der Waals surface area contributed by atoms with Crippen LogP contribution in [0.1, 0.15) is 11.1 Å². The topological polar surface area (TPSA) is 26.0 Å². The Kier molecular flexibility index (Phi) is 2.77. The lowest BCUT2D eigenvalue weighted by Crippen LogP contribution is -2.05. The number of alkyl halides is 3. The Morgan fingerprint density at radius 1 is 1.25 bits per heavy atom. The molecule has 0 aromatic heterocycles. The summed E-state index contributed by atoms with van der Waals surface area (Å²) < 4.78 is -1.43. The highest BCUT2D eigenvalue weighted by Crippen LogP contribution is 2.41. The van der Waals surface area contributed by atoms with Crippen LogP contribution in [0, 0.1) is 6.92 Å². The number of aryl methyl sites for hydroxylation is 1. The SMILES string of the molecule is Cc1ccc(N)c(C(Cl)(Cl)Cl)c1. The minimum atomic E-state index is -1.43. The second-order valence-electron chi connectivity index (χ2n) is 2.59. The molecule has 0 aliphatic carbocycles. The molecule has 0 atom stereocenters. The number of nitrogen functional groups attached to an aromatic ring is 1. The molecule has 2 N–H and O–H groups in total. The van der Waals surface area contributed by atoms with E-state index in [-0.39, 0.29) is 0 Å². The van der Waals surface area contributed by atoms with Gasteiger partial charge in [-0.3, -0.25) is 0 Å². The van der Waals surface area contributed by atoms with Gasteiger partial charge in [-0.15, -0.1) is 0 Å². The zero-order chi connectivity index (χ0) is 9.35. The van der Waals surface area contributed by atoms with Gasteiger partial charge in [0.25, 0.3) is 0 Å². The number of benzene rings is 1. The van der Waals surface area contributed by atoms with E-state index in [9.17, 15) is 0 Å². The molecule has 0 amide bonds. The Bertz CT molecular complexity index is 291. The largest absolute Gasteiger partial charge is 0.398 e. The summed E-state index contributed by atoms with van der Waals surface area (Å²) in [6.45, 7) is 1.92. The Labute approximate surface area is 86.4 Å². The third kappa shape index (κ3) is 2.19. The minimum absolute atomic E-state index is 0.501. The number of hydrogen-bond acceptors (Lipinski definition) is 1. The summed E-state index contributed by atoms with van der Waals surface area (Å²) in [5.41, 5.74) is 7.68. The van der Waals surface area contributed by atoms with Gasteiger partial charge in [0.2, 0.25) is 3.79 Å². The van der Waals surface area contributed by atoms with Crippen molar-refractivity contribution in [2.45, 2.75) is 10.7 Å². The van der Waals surface area contributed by atoms with Gasteiger partial charge in [-0.05, 0) is 19.1 Å². The van der Waals surface area contributed by atoms with Gasteiger partial charge in [0.05, 0.1) is 0 Å². The van der Waals surface area contributed by atoms with E-state index in [1.165, 1.54) is 0 Å². The minimum Gasteiger partial charge on any atom is -0.398 e. The fourth-order valence-corrected chi connectivity index (χ4v) is 1.41. The first-order valence-electron chi connectivity index (χ1n) is 3.34. The lowest BCUT2D eigenvalue weighted by Gasteiger charge is -2.14. The van der Waals surface area contributed by atoms with E-state index in [0.717, 1.165) is 5.56 Å². The Morgan fingerprint density at radius 3 is 2.25 bits per heavy atom. The summed E-state index contributed by atoms with van der Waals surface area (Å²) in [4.78, 5) is 0. The van der Waals surface area contributed by atoms with E-state index < -0.39 is 3.79 Å². The summed E-state index contributed by atoms with van der Waals surface area (Å²) in [5, 5.41) is 0. The lowest BCUT2D eigenvalue weighted by atomic mass is 10.1. The van der Waals surface area contributed by atoms with Crippen LogP contribution < -0.4 is 5.73 Å². The average Bonchev–Trinajstić information content (AvgIpc) is 1.92. The monoisotopic (exact) mass is 223 g/mol. The van der Waals surface area contributed by atoms with Gasteiger partial charge in [0.1, 0.15) is 0 Å². The van der Waals surface area contributed by atoms with E-state index in [4.69, 9.17) is 40.5 Å². The molecule has 0 heterocycles. The molecule has 0 spiro atoms. The molecule has 1 nitrogen and oxygen atoms in total. The standard InChI is InChI=1S/C8H8Cl3N/c1-5-2-3-7(12)6(4-5)8(9,10)11/h2-4H,12H2,1H3. The highest BCUT2D eigenvalue weighted by Gasteiger charge is 2.25. The first-order chi connectivity index (χ1) is 5.41. The van der Waals surface area contributed by atoms with E-state index in [0.29, 0.717) is 11.3 Å². The number of rotatable bonds is 0. The zero-order valence-electron chi connectivity index (χ0n) is 6.44. The number of hydrogen-bond donors (Lipinski definition) is 1. The molecule has 4 heteroatoms. The fraction of sp³-hybridized carbons (Fsp3) is 0.250. The van der Waals surface area contributed by atoms with Gasteiger partial charge in [-0.2, -0.15) is 0 Å². The van der Waals surface area contributed by atoms with Crippen molar-refractivity contribution < 1.29 is 0 Å². The maximum atomic E-state index is 5.69. The molecular formula is C8H8Cl3N. The second-order valence-corrected chi connectivity index (χ2v) is 4.87. The summed E-state index contributed by atoms with van der Waals surface area (Å²) in [6.07, 6.45) is 0. The van der Waals surface area contributed by atoms with Crippen LogP contribution in [0.4, 0.5) is 5.69 Å². The molecule has 1 rings (SSSR count).